The van der Waals surface area contributed by atoms with Gasteiger partial charge in [-0.3, -0.25) is 4.98 Å². The van der Waals surface area contributed by atoms with Gasteiger partial charge in [0.25, 0.3) is 0 Å². The van der Waals surface area contributed by atoms with Crippen LogP contribution < -0.4 is 5.32 Å². The summed E-state index contributed by atoms with van der Waals surface area (Å²) in [5.74, 6) is 0. The van der Waals surface area contributed by atoms with Crippen LogP contribution in [-0.4, -0.2) is 11.0 Å². The molecule has 0 radical (unpaired) electrons. The van der Waals surface area contributed by atoms with E-state index in [0.29, 0.717) is 6.04 Å². The molecule has 0 aliphatic rings. The summed E-state index contributed by atoms with van der Waals surface area (Å²) in [5.41, 5.74) is 1.31. The van der Waals surface area contributed by atoms with E-state index in [2.05, 4.69) is 69.9 Å². The summed E-state index contributed by atoms with van der Waals surface area (Å²) in [5, 5.41) is 3.49. The van der Waals surface area contributed by atoms with Crippen LogP contribution in [0, 0.1) is 5.41 Å². The maximum atomic E-state index is 4.38. The molecule has 1 aromatic heterocycles. The van der Waals surface area contributed by atoms with Gasteiger partial charge in [0.1, 0.15) is 0 Å². The Morgan fingerprint density at radius 3 is 2.50 bits per heavy atom. The summed E-state index contributed by atoms with van der Waals surface area (Å²) in [6.45, 7) is 9.68. The standard InChI is InChI=1S/C12H18Br2N2/c1-8(12(2,3)4)15-7-11-10(14)5-9(13)6-16-11/h5-6,8,15H,7H2,1-4H3. The average molecular weight is 350 g/mol. The van der Waals surface area contributed by atoms with Gasteiger partial charge in [-0.2, -0.15) is 0 Å². The second-order valence-corrected chi connectivity index (χ2v) is 6.82. The molecular formula is C12H18Br2N2. The SMILES string of the molecule is CC(NCc1ncc(Br)cc1Br)C(C)(C)C. The predicted octanol–water partition coefficient (Wildman–Crippen LogP) is 4.13. The number of halogens is 2. The number of hydrogen-bond acceptors (Lipinski definition) is 2. The highest BCUT2D eigenvalue weighted by atomic mass is 79.9. The van der Waals surface area contributed by atoms with E-state index in [1.165, 1.54) is 0 Å². The third-order valence-electron chi connectivity index (χ3n) is 2.76. The summed E-state index contributed by atoms with van der Waals surface area (Å²) in [6, 6.07) is 2.47. The van der Waals surface area contributed by atoms with E-state index in [9.17, 15) is 0 Å². The number of pyridine rings is 1. The number of aromatic nitrogens is 1. The minimum Gasteiger partial charge on any atom is -0.308 e. The van der Waals surface area contributed by atoms with Crippen molar-refractivity contribution >= 4 is 31.9 Å². The first-order valence-electron chi connectivity index (χ1n) is 5.34. The first-order valence-corrected chi connectivity index (χ1v) is 6.92. The molecule has 1 heterocycles. The summed E-state index contributed by atoms with van der Waals surface area (Å²) in [6.07, 6.45) is 1.82. The minimum atomic E-state index is 0.266. The Balaban J connectivity index is 2.62. The van der Waals surface area contributed by atoms with Gasteiger partial charge in [0, 0.05) is 27.7 Å². The van der Waals surface area contributed by atoms with Gasteiger partial charge in [0.2, 0.25) is 0 Å². The maximum absolute atomic E-state index is 4.38. The fourth-order valence-electron chi connectivity index (χ4n) is 1.13. The van der Waals surface area contributed by atoms with E-state index < -0.39 is 0 Å². The highest BCUT2D eigenvalue weighted by molar-refractivity contribution is 9.11. The molecule has 0 fully saturated rings. The first kappa shape index (κ1) is 14.1. The van der Waals surface area contributed by atoms with Gasteiger partial charge in [-0.25, -0.2) is 0 Å². The van der Waals surface area contributed by atoms with Gasteiger partial charge in [-0.15, -0.1) is 0 Å². The highest BCUT2D eigenvalue weighted by Crippen LogP contribution is 2.22. The topological polar surface area (TPSA) is 24.9 Å². The molecule has 0 aliphatic heterocycles. The quantitative estimate of drug-likeness (QED) is 0.887. The van der Waals surface area contributed by atoms with Crippen molar-refractivity contribution in [2.75, 3.05) is 0 Å². The fraction of sp³-hybridized carbons (Fsp3) is 0.583. The van der Waals surface area contributed by atoms with E-state index in [1.54, 1.807) is 0 Å². The molecule has 2 nitrogen and oxygen atoms in total. The molecule has 0 aliphatic carbocycles. The van der Waals surface area contributed by atoms with E-state index >= 15 is 0 Å². The zero-order valence-corrected chi connectivity index (χ0v) is 13.3. The third kappa shape index (κ3) is 4.15. The Hall–Kier alpha value is 0.0700. The number of nitrogens with zero attached hydrogens (tertiary/aromatic N) is 1. The van der Waals surface area contributed by atoms with Crippen LogP contribution in [0.5, 0.6) is 0 Å². The lowest BCUT2D eigenvalue weighted by atomic mass is 9.88. The van der Waals surface area contributed by atoms with Crippen molar-refractivity contribution in [1.82, 2.24) is 10.3 Å². The number of hydrogen-bond donors (Lipinski definition) is 1. The zero-order valence-electron chi connectivity index (χ0n) is 10.1. The van der Waals surface area contributed by atoms with Crippen LogP contribution in [0.4, 0.5) is 0 Å². The van der Waals surface area contributed by atoms with Crippen LogP contribution in [0.25, 0.3) is 0 Å². The summed E-state index contributed by atoms with van der Waals surface area (Å²) in [7, 11) is 0. The molecular weight excluding hydrogens is 332 g/mol. The van der Waals surface area contributed by atoms with Crippen LogP contribution in [-0.2, 0) is 6.54 Å². The van der Waals surface area contributed by atoms with E-state index in [0.717, 1.165) is 21.2 Å². The summed E-state index contributed by atoms with van der Waals surface area (Å²) in [4.78, 5) is 4.38. The molecule has 0 aromatic carbocycles. The van der Waals surface area contributed by atoms with Crippen LogP contribution >= 0.6 is 31.9 Å². The molecule has 1 rings (SSSR count). The number of nitrogens with one attached hydrogen (secondary N) is 1. The van der Waals surface area contributed by atoms with Crippen molar-refractivity contribution in [3.8, 4) is 0 Å². The Kier molecular flexibility index (Phi) is 4.95. The Morgan fingerprint density at radius 1 is 1.38 bits per heavy atom. The summed E-state index contributed by atoms with van der Waals surface area (Å²) >= 11 is 6.91. The molecule has 4 heteroatoms. The Labute approximate surface area is 114 Å². The maximum Gasteiger partial charge on any atom is 0.0684 e. The van der Waals surface area contributed by atoms with Crippen molar-refractivity contribution in [2.24, 2.45) is 5.41 Å². The fourth-order valence-corrected chi connectivity index (χ4v) is 2.26. The number of rotatable bonds is 3. The van der Waals surface area contributed by atoms with Crippen molar-refractivity contribution in [3.63, 3.8) is 0 Å². The van der Waals surface area contributed by atoms with Gasteiger partial charge < -0.3 is 5.32 Å². The van der Waals surface area contributed by atoms with E-state index in [1.807, 2.05) is 12.3 Å². The Bertz CT molecular complexity index is 359. The van der Waals surface area contributed by atoms with Gasteiger partial charge >= 0.3 is 0 Å². The molecule has 1 aromatic rings. The minimum absolute atomic E-state index is 0.266. The lowest BCUT2D eigenvalue weighted by Crippen LogP contribution is -2.37. The van der Waals surface area contributed by atoms with Crippen LogP contribution in [0.1, 0.15) is 33.4 Å². The van der Waals surface area contributed by atoms with Crippen LogP contribution in [0.2, 0.25) is 0 Å². The van der Waals surface area contributed by atoms with E-state index in [-0.39, 0.29) is 5.41 Å². The first-order chi connectivity index (χ1) is 7.30. The smallest absolute Gasteiger partial charge is 0.0684 e. The molecule has 0 amide bonds. The highest BCUT2D eigenvalue weighted by Gasteiger charge is 2.19. The van der Waals surface area contributed by atoms with Gasteiger partial charge in [-0.05, 0) is 50.3 Å². The molecule has 0 saturated heterocycles. The lowest BCUT2D eigenvalue weighted by Gasteiger charge is -2.28. The Morgan fingerprint density at radius 2 is 2.00 bits per heavy atom. The summed E-state index contributed by atoms with van der Waals surface area (Å²) < 4.78 is 2.03. The van der Waals surface area contributed by atoms with Gasteiger partial charge in [-0.1, -0.05) is 20.8 Å². The van der Waals surface area contributed by atoms with Crippen molar-refractivity contribution in [2.45, 2.75) is 40.3 Å². The lowest BCUT2D eigenvalue weighted by molar-refractivity contribution is 0.284. The van der Waals surface area contributed by atoms with Crippen molar-refractivity contribution < 1.29 is 0 Å². The second-order valence-electron chi connectivity index (χ2n) is 5.05. The molecule has 0 spiro atoms. The molecule has 1 atom stereocenters. The van der Waals surface area contributed by atoms with Crippen molar-refractivity contribution in [3.05, 3.63) is 26.9 Å². The molecule has 1 unspecified atom stereocenters. The second kappa shape index (κ2) is 5.61. The van der Waals surface area contributed by atoms with Gasteiger partial charge in [0.15, 0.2) is 0 Å². The largest absolute Gasteiger partial charge is 0.308 e. The molecule has 0 bridgehead atoms. The molecule has 0 saturated carbocycles. The zero-order chi connectivity index (χ0) is 12.3. The third-order valence-corrected chi connectivity index (χ3v) is 3.88. The van der Waals surface area contributed by atoms with Crippen molar-refractivity contribution in [1.29, 1.82) is 0 Å². The van der Waals surface area contributed by atoms with E-state index in [4.69, 9.17) is 0 Å². The normalized spacial score (nSPS) is 13.9. The predicted molar refractivity (Wildman–Crippen MR) is 75.4 cm³/mol. The molecule has 1 N–H and O–H groups in total. The van der Waals surface area contributed by atoms with Gasteiger partial charge in [0.05, 0.1) is 5.69 Å². The monoisotopic (exact) mass is 348 g/mol. The van der Waals surface area contributed by atoms with Crippen LogP contribution in [0.3, 0.4) is 0 Å². The molecule has 16 heavy (non-hydrogen) atoms. The average Bonchev–Trinajstić information content (AvgIpc) is 2.14. The van der Waals surface area contributed by atoms with Crippen LogP contribution in [0.15, 0.2) is 21.2 Å². The molecule has 90 valence electrons.